The van der Waals surface area contributed by atoms with E-state index in [1.165, 1.54) is 0 Å². The Morgan fingerprint density at radius 2 is 1.81 bits per heavy atom. The fourth-order valence-corrected chi connectivity index (χ4v) is 5.98. The van der Waals surface area contributed by atoms with E-state index in [9.17, 15) is 8.42 Å². The largest absolute Gasteiger partial charge is 0.363 e. The summed E-state index contributed by atoms with van der Waals surface area (Å²) in [5, 5.41) is 7.97. The lowest BCUT2D eigenvalue weighted by Crippen LogP contribution is -2.10. The molecule has 9 heteroatoms. The van der Waals surface area contributed by atoms with Crippen molar-refractivity contribution in [1.29, 1.82) is 0 Å². The van der Waals surface area contributed by atoms with Crippen LogP contribution in [0.2, 0.25) is 0 Å². The second-order valence-corrected chi connectivity index (χ2v) is 11.2. The number of nitrogens with one attached hydrogen (secondary N) is 1. The van der Waals surface area contributed by atoms with Crippen molar-refractivity contribution in [3.8, 4) is 22.5 Å². The summed E-state index contributed by atoms with van der Waals surface area (Å²) < 4.78 is 26.8. The Balaban J connectivity index is 1.42. The number of rotatable bonds is 8. The summed E-state index contributed by atoms with van der Waals surface area (Å²) in [5.74, 6) is 1.10. The van der Waals surface area contributed by atoms with Crippen LogP contribution in [-0.4, -0.2) is 38.2 Å². The number of pyridine rings is 2. The van der Waals surface area contributed by atoms with E-state index < -0.39 is 9.84 Å². The zero-order valence-electron chi connectivity index (χ0n) is 19.4. The molecule has 0 bridgehead atoms. The summed E-state index contributed by atoms with van der Waals surface area (Å²) >= 11 is 0. The van der Waals surface area contributed by atoms with Crippen molar-refractivity contribution in [3.05, 3.63) is 96.7 Å². The van der Waals surface area contributed by atoms with E-state index in [4.69, 9.17) is 10.1 Å². The van der Waals surface area contributed by atoms with E-state index in [0.29, 0.717) is 29.3 Å². The van der Waals surface area contributed by atoms with Gasteiger partial charge in [-0.3, -0.25) is 9.97 Å². The molecule has 1 saturated carbocycles. The Labute approximate surface area is 209 Å². The molecule has 4 aromatic heterocycles. The van der Waals surface area contributed by atoms with Gasteiger partial charge in [0.05, 0.1) is 23.2 Å². The summed E-state index contributed by atoms with van der Waals surface area (Å²) in [6, 6.07) is 19.7. The molecule has 1 N–H and O–H groups in total. The Morgan fingerprint density at radius 1 is 0.972 bits per heavy atom. The van der Waals surface area contributed by atoms with Gasteiger partial charge < -0.3 is 5.32 Å². The van der Waals surface area contributed by atoms with Crippen LogP contribution in [-0.2, 0) is 22.1 Å². The normalized spacial score (nSPS) is 13.7. The molecule has 6 rings (SSSR count). The molecule has 1 aromatic carbocycles. The first-order valence-electron chi connectivity index (χ1n) is 11.8. The minimum Gasteiger partial charge on any atom is -0.363 e. The minimum atomic E-state index is -3.15. The van der Waals surface area contributed by atoms with Gasteiger partial charge in [-0.1, -0.05) is 36.4 Å². The maximum Gasteiger partial charge on any atom is 0.183 e. The van der Waals surface area contributed by atoms with Crippen molar-refractivity contribution in [2.75, 3.05) is 5.32 Å². The summed E-state index contributed by atoms with van der Waals surface area (Å²) in [7, 11) is -3.15. The van der Waals surface area contributed by atoms with Gasteiger partial charge in [0.1, 0.15) is 5.52 Å². The lowest BCUT2D eigenvalue weighted by molar-refractivity contribution is 0.594. The van der Waals surface area contributed by atoms with Crippen LogP contribution in [0.3, 0.4) is 0 Å². The first-order chi connectivity index (χ1) is 17.6. The number of aromatic nitrogens is 5. The predicted octanol–water partition coefficient (Wildman–Crippen LogP) is 4.54. The van der Waals surface area contributed by atoms with Gasteiger partial charge >= 0.3 is 0 Å². The van der Waals surface area contributed by atoms with Crippen molar-refractivity contribution < 1.29 is 8.42 Å². The van der Waals surface area contributed by atoms with Crippen molar-refractivity contribution in [2.45, 2.75) is 30.4 Å². The smallest absolute Gasteiger partial charge is 0.183 e. The topological polar surface area (TPSA) is 102 Å². The molecular weight excluding hydrogens is 472 g/mol. The Bertz CT molecular complexity index is 1630. The molecule has 0 aliphatic heterocycles. The van der Waals surface area contributed by atoms with Crippen LogP contribution in [0.1, 0.15) is 24.1 Å². The molecule has 8 nitrogen and oxygen atoms in total. The van der Waals surface area contributed by atoms with Crippen LogP contribution in [0.25, 0.3) is 28.0 Å². The number of sulfone groups is 1. The highest BCUT2D eigenvalue weighted by Gasteiger charge is 2.35. The summed E-state index contributed by atoms with van der Waals surface area (Å²) in [4.78, 5) is 13.6. The SMILES string of the molecule is O=S(=O)(Cc1cncc(-c2nc(NCc3ccccn3)c3c(-c4ccccc4)ccn3n2)c1)C1CC1. The van der Waals surface area contributed by atoms with Gasteiger partial charge in [0.25, 0.3) is 0 Å². The van der Waals surface area contributed by atoms with Crippen LogP contribution in [0.15, 0.2) is 85.5 Å². The van der Waals surface area contributed by atoms with Gasteiger partial charge in [-0.05, 0) is 48.2 Å². The summed E-state index contributed by atoms with van der Waals surface area (Å²) in [6.45, 7) is 0.490. The van der Waals surface area contributed by atoms with Crippen LogP contribution in [0, 0.1) is 0 Å². The number of hydrogen-bond acceptors (Lipinski definition) is 7. The molecule has 1 aliphatic rings. The lowest BCUT2D eigenvalue weighted by Gasteiger charge is -2.12. The standard InChI is InChI=1S/C27H24N6O2S/c34-36(35,23-9-10-23)18-19-14-21(16-28-15-19)26-31-27(30-17-22-8-4-5-12-29-22)25-24(11-13-33(25)32-26)20-6-2-1-3-7-20/h1-8,11-16,23H,9-10,17-18H2,(H,30,31,32). The molecule has 0 amide bonds. The maximum absolute atomic E-state index is 12.5. The highest BCUT2D eigenvalue weighted by Crippen LogP contribution is 2.33. The quantitative estimate of drug-likeness (QED) is 0.336. The van der Waals surface area contributed by atoms with Gasteiger partial charge in [-0.2, -0.15) is 0 Å². The molecule has 180 valence electrons. The monoisotopic (exact) mass is 496 g/mol. The average Bonchev–Trinajstić information content (AvgIpc) is 3.69. The lowest BCUT2D eigenvalue weighted by atomic mass is 10.1. The molecule has 1 aliphatic carbocycles. The molecule has 0 radical (unpaired) electrons. The predicted molar refractivity (Wildman–Crippen MR) is 139 cm³/mol. The van der Waals surface area contributed by atoms with E-state index in [1.807, 2.05) is 54.7 Å². The van der Waals surface area contributed by atoms with E-state index in [0.717, 1.165) is 35.2 Å². The van der Waals surface area contributed by atoms with Gasteiger partial charge in [0.2, 0.25) is 0 Å². The molecule has 0 saturated heterocycles. The Hall–Kier alpha value is -4.11. The van der Waals surface area contributed by atoms with E-state index in [-0.39, 0.29) is 11.0 Å². The van der Waals surface area contributed by atoms with Gasteiger partial charge in [0, 0.05) is 35.9 Å². The third-order valence-electron chi connectivity index (χ3n) is 6.21. The number of nitrogens with zero attached hydrogens (tertiary/aromatic N) is 5. The zero-order valence-corrected chi connectivity index (χ0v) is 20.3. The van der Waals surface area contributed by atoms with Crippen LogP contribution < -0.4 is 5.32 Å². The molecular formula is C27H24N6O2S. The molecule has 5 aromatic rings. The number of hydrogen-bond donors (Lipinski definition) is 1. The van der Waals surface area contributed by atoms with Crippen LogP contribution in [0.5, 0.6) is 0 Å². The first-order valence-corrected chi connectivity index (χ1v) is 13.5. The maximum atomic E-state index is 12.5. The fourth-order valence-electron chi connectivity index (χ4n) is 4.26. The van der Waals surface area contributed by atoms with Crippen LogP contribution in [0.4, 0.5) is 5.82 Å². The second-order valence-electron chi connectivity index (χ2n) is 8.94. The third-order valence-corrected chi connectivity index (χ3v) is 8.43. The van der Waals surface area contributed by atoms with E-state index >= 15 is 0 Å². The molecule has 36 heavy (non-hydrogen) atoms. The number of fused-ring (bicyclic) bond motifs is 1. The molecule has 0 atom stereocenters. The molecule has 0 unspecified atom stereocenters. The summed E-state index contributed by atoms with van der Waals surface area (Å²) in [5.41, 5.74) is 5.11. The molecule has 4 heterocycles. The number of anilines is 1. The molecule has 1 fully saturated rings. The minimum absolute atomic E-state index is 0.0206. The molecule has 0 spiro atoms. The van der Waals surface area contributed by atoms with E-state index in [1.54, 1.807) is 23.1 Å². The Kier molecular flexibility index (Phi) is 5.69. The van der Waals surface area contributed by atoms with Crippen LogP contribution >= 0.6 is 0 Å². The second kappa shape index (κ2) is 9.16. The average molecular weight is 497 g/mol. The van der Waals surface area contributed by atoms with Crippen molar-refractivity contribution in [1.82, 2.24) is 24.6 Å². The zero-order chi connectivity index (χ0) is 24.5. The highest BCUT2D eigenvalue weighted by molar-refractivity contribution is 7.91. The van der Waals surface area contributed by atoms with Gasteiger partial charge in [-0.15, -0.1) is 5.10 Å². The van der Waals surface area contributed by atoms with Crippen molar-refractivity contribution >= 4 is 21.2 Å². The highest BCUT2D eigenvalue weighted by atomic mass is 32.2. The summed E-state index contributed by atoms with van der Waals surface area (Å²) in [6.07, 6.45) is 8.43. The third kappa shape index (κ3) is 4.57. The van der Waals surface area contributed by atoms with Gasteiger partial charge in [0.15, 0.2) is 21.5 Å². The first kappa shape index (κ1) is 22.4. The van der Waals surface area contributed by atoms with Crippen molar-refractivity contribution in [2.24, 2.45) is 0 Å². The fraction of sp³-hybridized carbons (Fsp3) is 0.185. The van der Waals surface area contributed by atoms with Gasteiger partial charge in [-0.25, -0.2) is 17.9 Å². The number of benzene rings is 1. The Morgan fingerprint density at radius 3 is 2.58 bits per heavy atom. The van der Waals surface area contributed by atoms with E-state index in [2.05, 4.69) is 27.4 Å². The van der Waals surface area contributed by atoms with Crippen molar-refractivity contribution in [3.63, 3.8) is 0 Å².